The molecule has 0 atom stereocenters. The van der Waals surface area contributed by atoms with Crippen molar-refractivity contribution >= 4 is 17.5 Å². The molecule has 0 radical (unpaired) electrons. The Hall–Kier alpha value is -2.15. The van der Waals surface area contributed by atoms with Crippen molar-refractivity contribution < 1.29 is 18.0 Å². The van der Waals surface area contributed by atoms with Crippen molar-refractivity contribution in [2.24, 2.45) is 0 Å². The number of alkyl halides is 3. The molecule has 1 amide bonds. The van der Waals surface area contributed by atoms with E-state index in [0.29, 0.717) is 21.0 Å². The number of hydrogen-bond acceptors (Lipinski definition) is 3. The van der Waals surface area contributed by atoms with Gasteiger partial charge < -0.3 is 4.90 Å². The number of nitrogens with zero attached hydrogens (tertiary/aromatic N) is 3. The Morgan fingerprint density at radius 3 is 2.29 bits per heavy atom. The summed E-state index contributed by atoms with van der Waals surface area (Å²) in [7, 11) is 1.10. The van der Waals surface area contributed by atoms with E-state index >= 15 is 0 Å². The Morgan fingerprint density at radius 2 is 1.79 bits per heavy atom. The summed E-state index contributed by atoms with van der Waals surface area (Å²) in [6.07, 6.45) is -0.105. The van der Waals surface area contributed by atoms with Crippen LogP contribution in [0.4, 0.5) is 13.2 Å². The van der Waals surface area contributed by atoms with Crippen LogP contribution in [0.1, 0.15) is 24.3 Å². The van der Waals surface area contributed by atoms with Gasteiger partial charge in [-0.1, -0.05) is 17.7 Å². The molecule has 0 unspecified atom stereocenters. The molecule has 0 fully saturated rings. The SMILES string of the molecule is CN(C(=O)c1ccc(-c2cncc(Cl)c2)cn1)C(C)(C)C(F)(F)F. The van der Waals surface area contributed by atoms with Crippen LogP contribution in [0.15, 0.2) is 36.8 Å². The summed E-state index contributed by atoms with van der Waals surface area (Å²) in [5.74, 6) is -0.812. The summed E-state index contributed by atoms with van der Waals surface area (Å²) in [5, 5.41) is 0.444. The smallest absolute Gasteiger partial charge is 0.326 e. The first-order chi connectivity index (χ1) is 11.0. The Morgan fingerprint density at radius 1 is 1.12 bits per heavy atom. The van der Waals surface area contributed by atoms with Gasteiger partial charge in [0.1, 0.15) is 11.2 Å². The highest BCUT2D eigenvalue weighted by atomic mass is 35.5. The van der Waals surface area contributed by atoms with E-state index in [2.05, 4.69) is 9.97 Å². The largest absolute Gasteiger partial charge is 0.411 e. The number of carbonyl (C=O) groups excluding carboxylic acids is 1. The number of pyridine rings is 2. The fourth-order valence-corrected chi connectivity index (χ4v) is 2.05. The molecule has 0 aliphatic carbocycles. The monoisotopic (exact) mass is 357 g/mol. The fraction of sp³-hybridized carbons (Fsp3) is 0.312. The minimum atomic E-state index is -4.55. The first kappa shape index (κ1) is 18.2. The molecule has 0 aliphatic heterocycles. The topological polar surface area (TPSA) is 46.1 Å². The Labute approximate surface area is 142 Å². The predicted octanol–water partition coefficient (Wildman–Crippen LogP) is 4.21. The molecule has 0 aliphatic rings. The molecule has 2 aromatic heterocycles. The quantitative estimate of drug-likeness (QED) is 0.826. The van der Waals surface area contributed by atoms with Gasteiger partial charge in [0.2, 0.25) is 0 Å². The summed E-state index contributed by atoms with van der Waals surface area (Å²) in [6.45, 7) is 1.88. The van der Waals surface area contributed by atoms with E-state index in [1.165, 1.54) is 18.5 Å². The van der Waals surface area contributed by atoms with Gasteiger partial charge in [0.25, 0.3) is 5.91 Å². The fourth-order valence-electron chi connectivity index (χ4n) is 1.88. The lowest BCUT2D eigenvalue weighted by Crippen LogP contribution is -2.55. The van der Waals surface area contributed by atoms with Gasteiger partial charge in [-0.15, -0.1) is 0 Å². The standard InChI is InChI=1S/C16H15ClF3N3O/c1-15(2,16(18,19)20)23(3)14(24)13-5-4-10(8-22-13)11-6-12(17)9-21-7-11/h4-9H,1-3H3. The van der Waals surface area contributed by atoms with Gasteiger partial charge in [-0.25, -0.2) is 0 Å². The van der Waals surface area contributed by atoms with Crippen molar-refractivity contribution in [3.8, 4) is 11.1 Å². The average molecular weight is 358 g/mol. The molecule has 8 heteroatoms. The Kier molecular flexibility index (Phi) is 4.85. The molecule has 24 heavy (non-hydrogen) atoms. The first-order valence-corrected chi connectivity index (χ1v) is 7.33. The summed E-state index contributed by atoms with van der Waals surface area (Å²) in [6, 6.07) is 4.63. The third-order valence-electron chi connectivity index (χ3n) is 3.86. The normalized spacial score (nSPS) is 12.1. The van der Waals surface area contributed by atoms with Gasteiger partial charge in [-0.2, -0.15) is 13.2 Å². The van der Waals surface area contributed by atoms with Crippen molar-refractivity contribution in [3.63, 3.8) is 0 Å². The van der Waals surface area contributed by atoms with E-state index in [9.17, 15) is 18.0 Å². The zero-order valence-corrected chi connectivity index (χ0v) is 14.0. The lowest BCUT2D eigenvalue weighted by atomic mass is 10.0. The molecular formula is C16H15ClF3N3O. The molecule has 0 bridgehead atoms. The molecule has 2 rings (SSSR count). The van der Waals surface area contributed by atoms with Crippen LogP contribution in [-0.2, 0) is 0 Å². The van der Waals surface area contributed by atoms with Crippen LogP contribution in [-0.4, -0.2) is 39.5 Å². The van der Waals surface area contributed by atoms with Gasteiger partial charge in [0, 0.05) is 36.8 Å². The molecular weight excluding hydrogens is 343 g/mol. The molecule has 0 N–H and O–H groups in total. The number of rotatable bonds is 3. The van der Waals surface area contributed by atoms with Crippen LogP contribution < -0.4 is 0 Å². The van der Waals surface area contributed by atoms with Crippen molar-refractivity contribution in [1.82, 2.24) is 14.9 Å². The van der Waals surface area contributed by atoms with Gasteiger partial charge in [0.15, 0.2) is 0 Å². The average Bonchev–Trinajstić information content (AvgIpc) is 2.52. The lowest BCUT2D eigenvalue weighted by molar-refractivity contribution is -0.208. The summed E-state index contributed by atoms with van der Waals surface area (Å²) >= 11 is 5.86. The van der Waals surface area contributed by atoms with E-state index in [-0.39, 0.29) is 5.69 Å². The molecule has 2 aromatic rings. The second-order valence-corrected chi connectivity index (χ2v) is 6.18. The predicted molar refractivity (Wildman–Crippen MR) is 84.7 cm³/mol. The number of carbonyl (C=O) groups is 1. The molecule has 0 aromatic carbocycles. The highest BCUT2D eigenvalue weighted by Crippen LogP contribution is 2.34. The maximum Gasteiger partial charge on any atom is 0.411 e. The van der Waals surface area contributed by atoms with Crippen LogP contribution in [0.5, 0.6) is 0 Å². The molecule has 128 valence electrons. The number of aromatic nitrogens is 2. The van der Waals surface area contributed by atoms with Crippen LogP contribution in [0, 0.1) is 0 Å². The number of hydrogen-bond donors (Lipinski definition) is 0. The number of halogens is 4. The minimum Gasteiger partial charge on any atom is -0.326 e. The third-order valence-corrected chi connectivity index (χ3v) is 4.06. The van der Waals surface area contributed by atoms with Crippen molar-refractivity contribution in [1.29, 1.82) is 0 Å². The van der Waals surface area contributed by atoms with E-state index in [1.54, 1.807) is 18.3 Å². The van der Waals surface area contributed by atoms with Gasteiger partial charge >= 0.3 is 6.18 Å². The van der Waals surface area contributed by atoms with E-state index < -0.39 is 17.6 Å². The Balaban J connectivity index is 2.26. The van der Waals surface area contributed by atoms with Crippen molar-refractivity contribution in [2.45, 2.75) is 25.6 Å². The first-order valence-electron chi connectivity index (χ1n) is 6.96. The second kappa shape index (κ2) is 6.39. The number of amides is 1. The van der Waals surface area contributed by atoms with Gasteiger partial charge in [0.05, 0.1) is 5.02 Å². The maximum absolute atomic E-state index is 13.0. The lowest BCUT2D eigenvalue weighted by Gasteiger charge is -2.36. The zero-order chi connectivity index (χ0) is 18.1. The molecule has 0 saturated carbocycles. The van der Waals surface area contributed by atoms with E-state index in [0.717, 1.165) is 20.9 Å². The molecule has 2 heterocycles. The Bertz CT molecular complexity index is 745. The van der Waals surface area contributed by atoms with Crippen LogP contribution >= 0.6 is 11.6 Å². The minimum absolute atomic E-state index is 0.0754. The molecule has 0 spiro atoms. The van der Waals surface area contributed by atoms with Crippen LogP contribution in [0.25, 0.3) is 11.1 Å². The summed E-state index contributed by atoms with van der Waals surface area (Å²) < 4.78 is 39.1. The highest BCUT2D eigenvalue weighted by Gasteiger charge is 2.52. The van der Waals surface area contributed by atoms with E-state index in [4.69, 9.17) is 11.6 Å². The van der Waals surface area contributed by atoms with Crippen molar-refractivity contribution in [2.75, 3.05) is 7.05 Å². The van der Waals surface area contributed by atoms with Gasteiger partial charge in [-0.05, 0) is 26.0 Å². The zero-order valence-electron chi connectivity index (χ0n) is 13.2. The van der Waals surface area contributed by atoms with Gasteiger partial charge in [-0.3, -0.25) is 14.8 Å². The van der Waals surface area contributed by atoms with E-state index in [1.807, 2.05) is 0 Å². The summed E-state index contributed by atoms with van der Waals surface area (Å²) in [5.41, 5.74) is -1.03. The molecule has 4 nitrogen and oxygen atoms in total. The van der Waals surface area contributed by atoms with Crippen LogP contribution in [0.3, 0.4) is 0 Å². The maximum atomic E-state index is 13.0. The molecule has 0 saturated heterocycles. The third kappa shape index (κ3) is 3.51. The highest BCUT2D eigenvalue weighted by molar-refractivity contribution is 6.30. The van der Waals surface area contributed by atoms with Crippen LogP contribution in [0.2, 0.25) is 5.02 Å². The summed E-state index contributed by atoms with van der Waals surface area (Å²) in [4.78, 5) is 20.8. The van der Waals surface area contributed by atoms with Crippen molar-refractivity contribution in [3.05, 3.63) is 47.5 Å². The second-order valence-electron chi connectivity index (χ2n) is 5.74.